The van der Waals surface area contributed by atoms with E-state index in [-0.39, 0.29) is 21.7 Å². The smallest absolute Gasteiger partial charge is 0.236 e. The van der Waals surface area contributed by atoms with Gasteiger partial charge in [-0.15, -0.1) is 0 Å². The molecule has 1 aromatic heterocycles. The predicted molar refractivity (Wildman–Crippen MR) is 128 cm³/mol. The Bertz CT molecular complexity index is 1310. The van der Waals surface area contributed by atoms with E-state index >= 15 is 0 Å². The fraction of sp³-hybridized carbons (Fsp3) is 0.192. The zero-order valence-corrected chi connectivity index (χ0v) is 19.7. The first-order valence-corrected chi connectivity index (χ1v) is 12.2. The van der Waals surface area contributed by atoms with E-state index in [1.54, 1.807) is 48.3 Å². The lowest BCUT2D eigenvalue weighted by Gasteiger charge is -2.17. The molecule has 1 heterocycles. The molecule has 0 aliphatic rings. The Labute approximate surface area is 194 Å². The van der Waals surface area contributed by atoms with E-state index in [0.29, 0.717) is 18.7 Å². The van der Waals surface area contributed by atoms with E-state index < -0.39 is 9.84 Å². The monoisotopic (exact) mass is 462 g/mol. The summed E-state index contributed by atoms with van der Waals surface area (Å²) >= 11 is 0. The van der Waals surface area contributed by atoms with Gasteiger partial charge in [0, 0.05) is 19.2 Å². The highest BCUT2D eigenvalue weighted by Crippen LogP contribution is 2.35. The number of anilines is 1. The van der Waals surface area contributed by atoms with Crippen LogP contribution in [0.3, 0.4) is 0 Å². The van der Waals surface area contributed by atoms with Crippen LogP contribution in [0.25, 0.3) is 11.5 Å². The highest BCUT2D eigenvalue weighted by Gasteiger charge is 2.30. The second-order valence-electron chi connectivity index (χ2n) is 7.74. The Morgan fingerprint density at radius 1 is 0.939 bits per heavy atom. The van der Waals surface area contributed by atoms with E-state index in [1.807, 2.05) is 56.3 Å². The average Bonchev–Trinajstić information content (AvgIpc) is 3.27. The molecule has 0 aliphatic carbocycles. The van der Waals surface area contributed by atoms with Crippen molar-refractivity contribution in [2.45, 2.75) is 30.3 Å². The van der Waals surface area contributed by atoms with Gasteiger partial charge in [-0.2, -0.15) is 4.98 Å². The van der Waals surface area contributed by atoms with Gasteiger partial charge in [-0.05, 0) is 55.8 Å². The van der Waals surface area contributed by atoms with Gasteiger partial charge in [0.15, 0.2) is 0 Å². The number of benzene rings is 3. The van der Waals surface area contributed by atoms with Gasteiger partial charge in [-0.1, -0.05) is 48.0 Å². The zero-order valence-electron chi connectivity index (χ0n) is 18.9. The van der Waals surface area contributed by atoms with Gasteiger partial charge in [-0.3, -0.25) is 0 Å². The Balaban J connectivity index is 1.78. The number of aryl methyl sites for hydroxylation is 1. The summed E-state index contributed by atoms with van der Waals surface area (Å²) < 4.78 is 38.6. The SMILES string of the molecule is CCOc1ccc(-c2nc(S(=O)(=O)c3ccc(C)cc3)c(N(C)Cc3ccccc3)o2)cc1. The van der Waals surface area contributed by atoms with Crippen LogP contribution in [0.4, 0.5) is 5.88 Å². The van der Waals surface area contributed by atoms with Crippen LogP contribution in [0, 0.1) is 6.92 Å². The van der Waals surface area contributed by atoms with Crippen molar-refractivity contribution in [2.75, 3.05) is 18.6 Å². The number of hydrogen-bond donors (Lipinski definition) is 0. The van der Waals surface area contributed by atoms with Crippen LogP contribution in [0.2, 0.25) is 0 Å². The molecule has 33 heavy (non-hydrogen) atoms. The lowest BCUT2D eigenvalue weighted by atomic mass is 10.2. The molecule has 0 N–H and O–H groups in total. The number of rotatable bonds is 8. The molecule has 0 saturated heterocycles. The minimum Gasteiger partial charge on any atom is -0.494 e. The maximum Gasteiger partial charge on any atom is 0.236 e. The lowest BCUT2D eigenvalue weighted by molar-refractivity contribution is 0.340. The minimum atomic E-state index is -3.90. The van der Waals surface area contributed by atoms with Crippen molar-refractivity contribution < 1.29 is 17.6 Å². The number of aromatic nitrogens is 1. The first-order valence-electron chi connectivity index (χ1n) is 10.7. The van der Waals surface area contributed by atoms with Crippen molar-refractivity contribution in [3.63, 3.8) is 0 Å². The standard InChI is InChI=1S/C26H26N2O4S/c1-4-31-22-14-12-21(13-15-22)24-27-25(33(29,30)23-16-10-19(2)11-17-23)26(32-24)28(3)18-20-8-6-5-7-9-20/h5-17H,4,18H2,1-3H3. The number of ether oxygens (including phenoxy) is 1. The van der Waals surface area contributed by atoms with Crippen LogP contribution < -0.4 is 9.64 Å². The maximum absolute atomic E-state index is 13.5. The molecule has 3 aromatic carbocycles. The van der Waals surface area contributed by atoms with Crippen LogP contribution in [-0.4, -0.2) is 27.1 Å². The summed E-state index contributed by atoms with van der Waals surface area (Å²) in [4.78, 5) is 6.39. The van der Waals surface area contributed by atoms with E-state index in [4.69, 9.17) is 9.15 Å². The minimum absolute atomic E-state index is 0.103. The van der Waals surface area contributed by atoms with E-state index in [9.17, 15) is 8.42 Å². The van der Waals surface area contributed by atoms with Crippen molar-refractivity contribution in [3.05, 3.63) is 90.0 Å². The van der Waals surface area contributed by atoms with Crippen LogP contribution in [0.1, 0.15) is 18.1 Å². The molecule has 0 bridgehead atoms. The Kier molecular flexibility index (Phi) is 6.51. The van der Waals surface area contributed by atoms with Crippen molar-refractivity contribution in [1.29, 1.82) is 0 Å². The Morgan fingerprint density at radius 2 is 1.61 bits per heavy atom. The molecule has 0 saturated carbocycles. The van der Waals surface area contributed by atoms with E-state index in [2.05, 4.69) is 4.98 Å². The summed E-state index contributed by atoms with van der Waals surface area (Å²) in [6.45, 7) is 4.86. The molecule has 4 rings (SSSR count). The van der Waals surface area contributed by atoms with Crippen LogP contribution in [0.5, 0.6) is 5.75 Å². The average molecular weight is 463 g/mol. The molecule has 0 fully saturated rings. The van der Waals surface area contributed by atoms with Gasteiger partial charge >= 0.3 is 0 Å². The van der Waals surface area contributed by atoms with Gasteiger partial charge in [0.05, 0.1) is 11.5 Å². The first-order chi connectivity index (χ1) is 15.9. The molecule has 0 atom stereocenters. The summed E-state index contributed by atoms with van der Waals surface area (Å²) in [5.74, 6) is 1.16. The molecule has 0 unspecified atom stereocenters. The Hall–Kier alpha value is -3.58. The summed E-state index contributed by atoms with van der Waals surface area (Å²) in [5.41, 5.74) is 2.67. The van der Waals surface area contributed by atoms with Gasteiger partial charge in [0.2, 0.25) is 26.6 Å². The number of sulfone groups is 1. The Morgan fingerprint density at radius 3 is 2.24 bits per heavy atom. The molecule has 4 aromatic rings. The molecular formula is C26H26N2O4S. The number of oxazole rings is 1. The second kappa shape index (κ2) is 9.50. The fourth-order valence-corrected chi connectivity index (χ4v) is 4.80. The molecule has 0 spiro atoms. The lowest BCUT2D eigenvalue weighted by Crippen LogP contribution is -2.18. The molecular weight excluding hydrogens is 436 g/mol. The van der Waals surface area contributed by atoms with E-state index in [1.165, 1.54) is 0 Å². The van der Waals surface area contributed by atoms with E-state index in [0.717, 1.165) is 16.9 Å². The quantitative estimate of drug-likeness (QED) is 0.343. The third-order valence-electron chi connectivity index (χ3n) is 5.19. The highest BCUT2D eigenvalue weighted by atomic mass is 32.2. The fourth-order valence-electron chi connectivity index (χ4n) is 3.46. The molecule has 0 aliphatic heterocycles. The summed E-state index contributed by atoms with van der Waals surface area (Å²) in [7, 11) is -2.10. The molecule has 7 heteroatoms. The van der Waals surface area contributed by atoms with Gasteiger partial charge in [0.25, 0.3) is 0 Å². The van der Waals surface area contributed by atoms with Crippen molar-refractivity contribution in [1.82, 2.24) is 4.98 Å². The van der Waals surface area contributed by atoms with Crippen molar-refractivity contribution >= 4 is 15.7 Å². The summed E-state index contributed by atoms with van der Waals surface area (Å²) in [5, 5.41) is -0.103. The topological polar surface area (TPSA) is 72.6 Å². The van der Waals surface area contributed by atoms with Gasteiger partial charge in [-0.25, -0.2) is 8.42 Å². The van der Waals surface area contributed by atoms with Crippen LogP contribution in [0.15, 0.2) is 93.2 Å². The first kappa shape index (κ1) is 22.6. The zero-order chi connectivity index (χ0) is 23.4. The maximum atomic E-state index is 13.5. The number of nitrogens with zero attached hydrogens (tertiary/aromatic N) is 2. The number of hydrogen-bond acceptors (Lipinski definition) is 6. The molecule has 6 nitrogen and oxygen atoms in total. The highest BCUT2D eigenvalue weighted by molar-refractivity contribution is 7.91. The summed E-state index contributed by atoms with van der Waals surface area (Å²) in [6.07, 6.45) is 0. The van der Waals surface area contributed by atoms with Gasteiger partial charge in [0.1, 0.15) is 5.75 Å². The normalized spacial score (nSPS) is 11.4. The third-order valence-corrected chi connectivity index (χ3v) is 6.85. The second-order valence-corrected chi connectivity index (χ2v) is 9.61. The molecule has 0 radical (unpaired) electrons. The summed E-state index contributed by atoms with van der Waals surface area (Å²) in [6, 6.07) is 23.8. The van der Waals surface area contributed by atoms with Crippen LogP contribution >= 0.6 is 0 Å². The van der Waals surface area contributed by atoms with Crippen LogP contribution in [-0.2, 0) is 16.4 Å². The third kappa shape index (κ3) is 4.93. The largest absolute Gasteiger partial charge is 0.494 e. The predicted octanol–water partition coefficient (Wildman–Crippen LogP) is 5.52. The van der Waals surface area contributed by atoms with Gasteiger partial charge < -0.3 is 14.1 Å². The van der Waals surface area contributed by atoms with Crippen molar-refractivity contribution in [2.24, 2.45) is 0 Å². The molecule has 0 amide bonds. The molecule has 170 valence electrons. The van der Waals surface area contributed by atoms with Crippen molar-refractivity contribution in [3.8, 4) is 17.2 Å².